The van der Waals surface area contributed by atoms with E-state index in [4.69, 9.17) is 0 Å². The largest absolute Gasteiger partial charge is 0.326 e. The molecule has 96 valence electrons. The van der Waals surface area contributed by atoms with Crippen molar-refractivity contribution < 1.29 is 9.59 Å². The van der Waals surface area contributed by atoms with E-state index in [0.717, 1.165) is 33.9 Å². The zero-order valence-corrected chi connectivity index (χ0v) is 11.5. The highest BCUT2D eigenvalue weighted by Crippen LogP contribution is 2.33. The molecule has 2 rings (SSSR count). The Labute approximate surface area is 111 Å². The predicted octanol–water partition coefficient (Wildman–Crippen LogP) is 1.82. The average molecular weight is 264 g/mol. The quantitative estimate of drug-likeness (QED) is 0.759. The highest BCUT2D eigenvalue weighted by atomic mass is 32.2. The molecule has 1 saturated heterocycles. The van der Waals surface area contributed by atoms with Gasteiger partial charge in [0, 0.05) is 12.6 Å². The van der Waals surface area contributed by atoms with E-state index in [1.165, 1.54) is 6.92 Å². The van der Waals surface area contributed by atoms with Crippen LogP contribution in [-0.4, -0.2) is 17.6 Å². The third-order valence-electron chi connectivity index (χ3n) is 2.86. The minimum atomic E-state index is -0.0586. The second kappa shape index (κ2) is 5.02. The van der Waals surface area contributed by atoms with Crippen LogP contribution >= 0.6 is 11.8 Å². The number of amides is 2. The van der Waals surface area contributed by atoms with Crippen molar-refractivity contribution in [2.75, 3.05) is 5.75 Å². The number of hydrogen-bond acceptors (Lipinski definition) is 3. The molecule has 0 aromatic heterocycles. The summed E-state index contributed by atoms with van der Waals surface area (Å²) >= 11 is 1.54. The van der Waals surface area contributed by atoms with Gasteiger partial charge in [-0.05, 0) is 37.0 Å². The minimum absolute atomic E-state index is 0.0582. The van der Waals surface area contributed by atoms with E-state index in [1.54, 1.807) is 11.8 Å². The molecule has 2 aliphatic rings. The Morgan fingerprint density at radius 2 is 2.17 bits per heavy atom. The number of allylic oxidation sites excluding steroid dienone is 4. The molecule has 4 nitrogen and oxygen atoms in total. The molecular weight excluding hydrogens is 248 g/mol. The van der Waals surface area contributed by atoms with Gasteiger partial charge >= 0.3 is 0 Å². The van der Waals surface area contributed by atoms with Gasteiger partial charge in [-0.2, -0.15) is 0 Å². The van der Waals surface area contributed by atoms with Gasteiger partial charge in [0.15, 0.2) is 0 Å². The van der Waals surface area contributed by atoms with Crippen molar-refractivity contribution in [2.45, 2.75) is 27.2 Å². The first kappa shape index (κ1) is 13.0. The van der Waals surface area contributed by atoms with Crippen LogP contribution in [0.25, 0.3) is 0 Å². The summed E-state index contributed by atoms with van der Waals surface area (Å²) in [6.07, 6.45) is 2.79. The fourth-order valence-electron chi connectivity index (χ4n) is 2.13. The molecule has 0 atom stereocenters. The van der Waals surface area contributed by atoms with Crippen LogP contribution in [0.4, 0.5) is 0 Å². The molecule has 1 fully saturated rings. The topological polar surface area (TPSA) is 58.2 Å². The molecule has 0 spiro atoms. The van der Waals surface area contributed by atoms with Gasteiger partial charge in [-0.25, -0.2) is 0 Å². The van der Waals surface area contributed by atoms with Gasteiger partial charge in [-0.3, -0.25) is 9.59 Å². The lowest BCUT2D eigenvalue weighted by Crippen LogP contribution is -2.23. The third-order valence-corrected chi connectivity index (χ3v) is 3.92. The lowest BCUT2D eigenvalue weighted by Gasteiger charge is -2.20. The molecule has 0 aromatic carbocycles. The molecule has 0 unspecified atom stereocenters. The van der Waals surface area contributed by atoms with Gasteiger partial charge in [0.25, 0.3) is 0 Å². The van der Waals surface area contributed by atoms with Crippen LogP contribution < -0.4 is 10.6 Å². The third kappa shape index (κ3) is 2.67. The molecule has 0 bridgehead atoms. The number of carbonyl (C=O) groups is 2. The number of nitrogens with one attached hydrogen (secondary N) is 2. The van der Waals surface area contributed by atoms with Crippen molar-refractivity contribution in [3.63, 3.8) is 0 Å². The Morgan fingerprint density at radius 1 is 1.44 bits per heavy atom. The molecule has 5 heteroatoms. The molecule has 0 saturated carbocycles. The molecular formula is C13H16N2O2S. The second-order valence-electron chi connectivity index (χ2n) is 4.53. The lowest BCUT2D eigenvalue weighted by molar-refractivity contribution is -0.118. The summed E-state index contributed by atoms with van der Waals surface area (Å²) in [6.45, 7) is 5.48. The monoisotopic (exact) mass is 264 g/mol. The second-order valence-corrected chi connectivity index (χ2v) is 5.52. The summed E-state index contributed by atoms with van der Waals surface area (Å²) in [5.41, 5.74) is 4.17. The zero-order chi connectivity index (χ0) is 13.3. The maximum absolute atomic E-state index is 11.2. The van der Waals surface area contributed by atoms with E-state index in [2.05, 4.69) is 10.6 Å². The van der Waals surface area contributed by atoms with Gasteiger partial charge < -0.3 is 10.6 Å². The van der Waals surface area contributed by atoms with Crippen LogP contribution in [0, 0.1) is 0 Å². The maximum Gasteiger partial charge on any atom is 0.235 e. The molecule has 2 N–H and O–H groups in total. The van der Waals surface area contributed by atoms with E-state index in [-0.39, 0.29) is 11.8 Å². The first-order chi connectivity index (χ1) is 8.47. The SMILES string of the molecule is CC(=O)NC1=C(C)C/C(=C2\NC(=O)CS2)C=C1C. The Kier molecular flexibility index (Phi) is 3.61. The van der Waals surface area contributed by atoms with Gasteiger partial charge in [-0.1, -0.05) is 17.8 Å². The van der Waals surface area contributed by atoms with Crippen molar-refractivity contribution in [3.05, 3.63) is 33.5 Å². The van der Waals surface area contributed by atoms with Crippen LogP contribution in [0.5, 0.6) is 0 Å². The molecule has 0 aromatic rings. The Hall–Kier alpha value is -1.49. The fourth-order valence-corrected chi connectivity index (χ4v) is 2.98. The highest BCUT2D eigenvalue weighted by Gasteiger charge is 2.22. The summed E-state index contributed by atoms with van der Waals surface area (Å²) < 4.78 is 0. The Bertz CT molecular complexity index is 515. The zero-order valence-electron chi connectivity index (χ0n) is 10.7. The normalized spacial score (nSPS) is 23.9. The standard InChI is InChI=1S/C13H16N2O2S/c1-7-4-10(13-15-11(17)6-18-13)5-8(2)12(7)14-9(3)16/h4H,5-6H2,1-3H3,(H,14,16)(H,15,17)/b13-10+. The molecule has 1 aliphatic carbocycles. The predicted molar refractivity (Wildman–Crippen MR) is 72.5 cm³/mol. The van der Waals surface area contributed by atoms with E-state index in [1.807, 2.05) is 19.9 Å². The fraction of sp³-hybridized carbons (Fsp3) is 0.385. The summed E-state index contributed by atoms with van der Waals surface area (Å²) in [4.78, 5) is 22.4. The Balaban J connectivity index is 2.27. The first-order valence-corrected chi connectivity index (χ1v) is 6.77. The number of carbonyl (C=O) groups excluding carboxylic acids is 2. The van der Waals surface area contributed by atoms with Gasteiger partial charge in [0.2, 0.25) is 11.8 Å². The highest BCUT2D eigenvalue weighted by molar-refractivity contribution is 8.04. The van der Waals surface area contributed by atoms with Gasteiger partial charge in [0.1, 0.15) is 0 Å². The van der Waals surface area contributed by atoms with E-state index >= 15 is 0 Å². The van der Waals surface area contributed by atoms with Crippen LogP contribution in [0.1, 0.15) is 27.2 Å². The number of rotatable bonds is 1. The van der Waals surface area contributed by atoms with Crippen molar-refractivity contribution in [1.29, 1.82) is 0 Å². The molecule has 1 aliphatic heterocycles. The van der Waals surface area contributed by atoms with Crippen LogP contribution in [0.3, 0.4) is 0 Å². The van der Waals surface area contributed by atoms with Crippen molar-refractivity contribution in [3.8, 4) is 0 Å². The number of thioether (sulfide) groups is 1. The maximum atomic E-state index is 11.2. The lowest BCUT2D eigenvalue weighted by atomic mass is 9.94. The molecule has 2 amide bonds. The Morgan fingerprint density at radius 3 is 2.67 bits per heavy atom. The smallest absolute Gasteiger partial charge is 0.235 e. The minimum Gasteiger partial charge on any atom is -0.326 e. The summed E-state index contributed by atoms with van der Waals surface area (Å²) in [6, 6.07) is 0. The summed E-state index contributed by atoms with van der Waals surface area (Å²) in [7, 11) is 0. The van der Waals surface area contributed by atoms with Crippen molar-refractivity contribution >= 4 is 23.6 Å². The summed E-state index contributed by atoms with van der Waals surface area (Å²) in [5, 5.41) is 6.67. The van der Waals surface area contributed by atoms with Gasteiger partial charge in [-0.15, -0.1) is 0 Å². The first-order valence-electron chi connectivity index (χ1n) is 5.79. The van der Waals surface area contributed by atoms with Crippen molar-refractivity contribution in [1.82, 2.24) is 10.6 Å². The molecule has 1 heterocycles. The van der Waals surface area contributed by atoms with Crippen molar-refractivity contribution in [2.24, 2.45) is 0 Å². The number of hydrogen-bond donors (Lipinski definition) is 2. The summed E-state index contributed by atoms with van der Waals surface area (Å²) in [5.74, 6) is 0.493. The molecule has 18 heavy (non-hydrogen) atoms. The van der Waals surface area contributed by atoms with Crippen LogP contribution in [0.15, 0.2) is 33.5 Å². The van der Waals surface area contributed by atoms with Crippen LogP contribution in [0.2, 0.25) is 0 Å². The molecule has 0 radical (unpaired) electrons. The van der Waals surface area contributed by atoms with E-state index < -0.39 is 0 Å². The van der Waals surface area contributed by atoms with Gasteiger partial charge in [0.05, 0.1) is 10.8 Å². The van der Waals surface area contributed by atoms with E-state index in [9.17, 15) is 9.59 Å². The average Bonchev–Trinajstić information content (AvgIpc) is 2.70. The van der Waals surface area contributed by atoms with E-state index in [0.29, 0.717) is 5.75 Å². The van der Waals surface area contributed by atoms with Crippen LogP contribution in [-0.2, 0) is 9.59 Å².